The molecule has 0 aromatic carbocycles. The van der Waals surface area contributed by atoms with Crippen LogP contribution in [-0.2, 0) is 9.53 Å². The van der Waals surface area contributed by atoms with E-state index < -0.39 is 6.09 Å². The molecule has 2 amide bonds. The molecule has 1 aliphatic heterocycles. The smallest absolute Gasteiger partial charge is 0.416 e. The quantitative estimate of drug-likeness (QED) is 0.599. The monoisotopic (exact) mass is 197 g/mol. The van der Waals surface area contributed by atoms with Gasteiger partial charge in [-0.15, -0.1) is 0 Å². The van der Waals surface area contributed by atoms with Gasteiger partial charge in [0.05, 0.1) is 6.54 Å². The lowest BCUT2D eigenvalue weighted by molar-refractivity contribution is -0.122. The Bertz CT molecular complexity index is 276. The Hall–Kier alpha value is -1.32. The summed E-state index contributed by atoms with van der Waals surface area (Å²) < 4.78 is 4.65. The van der Waals surface area contributed by atoms with Crippen LogP contribution in [0.15, 0.2) is 12.2 Å². The van der Waals surface area contributed by atoms with Gasteiger partial charge in [0.2, 0.25) is 0 Å². The molecule has 1 aliphatic rings. The number of hydrogen-bond donors (Lipinski definition) is 0. The van der Waals surface area contributed by atoms with Crippen molar-refractivity contribution in [2.45, 2.75) is 20.8 Å². The highest BCUT2D eigenvalue weighted by Crippen LogP contribution is 2.15. The molecule has 0 saturated carbocycles. The largest absolute Gasteiger partial charge is 0.447 e. The maximum Gasteiger partial charge on any atom is 0.416 e. The van der Waals surface area contributed by atoms with E-state index in [1.54, 1.807) is 6.08 Å². The Morgan fingerprint density at radius 1 is 1.50 bits per heavy atom. The summed E-state index contributed by atoms with van der Waals surface area (Å²) in [5, 5.41) is 0. The highest BCUT2D eigenvalue weighted by Gasteiger charge is 2.26. The van der Waals surface area contributed by atoms with Crippen LogP contribution in [0.25, 0.3) is 0 Å². The van der Waals surface area contributed by atoms with E-state index in [2.05, 4.69) is 4.74 Å². The van der Waals surface area contributed by atoms with Gasteiger partial charge in [-0.25, -0.2) is 9.69 Å². The SMILES string of the molecule is CC(C)(C)C=CC(=O)N1CCOC1=O. The highest BCUT2D eigenvalue weighted by atomic mass is 16.6. The van der Waals surface area contributed by atoms with Crippen molar-refractivity contribution in [1.29, 1.82) is 0 Å². The second kappa shape index (κ2) is 3.82. The summed E-state index contributed by atoms with van der Waals surface area (Å²) in [5.74, 6) is -0.303. The van der Waals surface area contributed by atoms with E-state index in [1.807, 2.05) is 20.8 Å². The van der Waals surface area contributed by atoms with Crippen LogP contribution in [0.5, 0.6) is 0 Å². The van der Waals surface area contributed by atoms with Crippen molar-refractivity contribution in [3.8, 4) is 0 Å². The molecule has 0 atom stereocenters. The summed E-state index contributed by atoms with van der Waals surface area (Å²) in [6.07, 6.45) is 2.65. The van der Waals surface area contributed by atoms with Crippen LogP contribution in [0.2, 0.25) is 0 Å². The number of allylic oxidation sites excluding steroid dienone is 1. The molecule has 1 rings (SSSR count). The molecule has 4 nitrogen and oxygen atoms in total. The van der Waals surface area contributed by atoms with Crippen molar-refractivity contribution in [2.75, 3.05) is 13.2 Å². The number of carbonyl (C=O) groups is 2. The van der Waals surface area contributed by atoms with Crippen LogP contribution in [0.4, 0.5) is 4.79 Å². The third-order valence-electron chi connectivity index (χ3n) is 1.75. The third kappa shape index (κ3) is 2.87. The second-order valence-corrected chi connectivity index (χ2v) is 4.30. The van der Waals surface area contributed by atoms with Crippen LogP contribution in [0, 0.1) is 5.41 Å². The van der Waals surface area contributed by atoms with Crippen molar-refractivity contribution in [3.63, 3.8) is 0 Å². The molecule has 0 aromatic heterocycles. The lowest BCUT2D eigenvalue weighted by atomic mass is 9.96. The van der Waals surface area contributed by atoms with Gasteiger partial charge in [0.1, 0.15) is 6.61 Å². The molecular weight excluding hydrogens is 182 g/mol. The predicted molar refractivity (Wildman–Crippen MR) is 51.7 cm³/mol. The predicted octanol–water partition coefficient (Wildman–Crippen LogP) is 1.57. The number of cyclic esters (lactones) is 1. The van der Waals surface area contributed by atoms with E-state index in [0.717, 1.165) is 4.90 Å². The van der Waals surface area contributed by atoms with Gasteiger partial charge >= 0.3 is 6.09 Å². The molecule has 0 bridgehead atoms. The Morgan fingerprint density at radius 3 is 2.57 bits per heavy atom. The van der Waals surface area contributed by atoms with E-state index in [-0.39, 0.29) is 11.3 Å². The third-order valence-corrected chi connectivity index (χ3v) is 1.75. The number of ether oxygens (including phenoxy) is 1. The number of hydrogen-bond acceptors (Lipinski definition) is 3. The molecule has 0 N–H and O–H groups in total. The molecular formula is C10H15NO3. The summed E-state index contributed by atoms with van der Waals surface area (Å²) >= 11 is 0. The van der Waals surface area contributed by atoms with Gasteiger partial charge in [0.15, 0.2) is 0 Å². The van der Waals surface area contributed by atoms with Crippen molar-refractivity contribution < 1.29 is 14.3 Å². The van der Waals surface area contributed by atoms with Crippen LogP contribution >= 0.6 is 0 Å². The molecule has 78 valence electrons. The van der Waals surface area contributed by atoms with Gasteiger partial charge in [0, 0.05) is 6.08 Å². The first-order valence-corrected chi connectivity index (χ1v) is 4.58. The zero-order valence-electron chi connectivity index (χ0n) is 8.74. The number of nitrogens with zero attached hydrogens (tertiary/aromatic N) is 1. The van der Waals surface area contributed by atoms with Crippen LogP contribution in [0.1, 0.15) is 20.8 Å². The van der Waals surface area contributed by atoms with Crippen molar-refractivity contribution >= 4 is 12.0 Å². The first-order chi connectivity index (χ1) is 6.40. The summed E-state index contributed by atoms with van der Waals surface area (Å²) in [7, 11) is 0. The average Bonchev–Trinajstić information content (AvgIpc) is 2.46. The molecule has 1 heterocycles. The summed E-state index contributed by atoms with van der Waals surface area (Å²) in [4.78, 5) is 23.5. The second-order valence-electron chi connectivity index (χ2n) is 4.30. The van der Waals surface area contributed by atoms with Gasteiger partial charge < -0.3 is 4.74 Å². The van der Waals surface area contributed by atoms with Gasteiger partial charge in [-0.2, -0.15) is 0 Å². The van der Waals surface area contributed by atoms with E-state index in [9.17, 15) is 9.59 Å². The minimum absolute atomic E-state index is 0.0563. The lowest BCUT2D eigenvalue weighted by Crippen LogP contribution is -2.30. The fraction of sp³-hybridized carbons (Fsp3) is 0.600. The fourth-order valence-corrected chi connectivity index (χ4v) is 1.00. The molecule has 0 aromatic rings. The Kier molecular flexibility index (Phi) is 2.93. The maximum atomic E-state index is 11.4. The van der Waals surface area contributed by atoms with Crippen molar-refractivity contribution in [1.82, 2.24) is 4.90 Å². The topological polar surface area (TPSA) is 46.6 Å². The minimum Gasteiger partial charge on any atom is -0.447 e. The summed E-state index contributed by atoms with van der Waals surface area (Å²) in [6, 6.07) is 0. The van der Waals surface area contributed by atoms with Gasteiger partial charge in [-0.05, 0) is 5.41 Å². The Labute approximate surface area is 83.5 Å². The summed E-state index contributed by atoms with van der Waals surface area (Å²) in [5.41, 5.74) is -0.0563. The van der Waals surface area contributed by atoms with E-state index in [0.29, 0.717) is 13.2 Å². The van der Waals surface area contributed by atoms with Crippen molar-refractivity contribution in [2.24, 2.45) is 5.41 Å². The normalized spacial score (nSPS) is 17.6. The minimum atomic E-state index is -0.548. The first-order valence-electron chi connectivity index (χ1n) is 4.58. The van der Waals surface area contributed by atoms with E-state index in [4.69, 9.17) is 0 Å². The van der Waals surface area contributed by atoms with Gasteiger partial charge in [-0.3, -0.25) is 4.79 Å². The Morgan fingerprint density at radius 2 is 2.14 bits per heavy atom. The maximum absolute atomic E-state index is 11.4. The molecule has 1 saturated heterocycles. The van der Waals surface area contributed by atoms with E-state index in [1.165, 1.54) is 6.08 Å². The molecule has 0 radical (unpaired) electrons. The van der Waals surface area contributed by atoms with Crippen LogP contribution < -0.4 is 0 Å². The molecule has 1 fully saturated rings. The van der Waals surface area contributed by atoms with Crippen LogP contribution in [0.3, 0.4) is 0 Å². The van der Waals surface area contributed by atoms with Crippen LogP contribution in [-0.4, -0.2) is 30.1 Å². The Balaban J connectivity index is 2.58. The zero-order valence-corrected chi connectivity index (χ0v) is 8.74. The standard InChI is InChI=1S/C10H15NO3/c1-10(2,3)5-4-8(12)11-6-7-14-9(11)13/h4-5H,6-7H2,1-3H3. The average molecular weight is 197 g/mol. The highest BCUT2D eigenvalue weighted by molar-refractivity contribution is 5.99. The van der Waals surface area contributed by atoms with E-state index >= 15 is 0 Å². The number of amides is 2. The fourth-order valence-electron chi connectivity index (χ4n) is 1.00. The van der Waals surface area contributed by atoms with Gasteiger partial charge in [-0.1, -0.05) is 26.8 Å². The lowest BCUT2D eigenvalue weighted by Gasteiger charge is -2.12. The summed E-state index contributed by atoms with van der Waals surface area (Å²) in [6.45, 7) is 6.61. The molecule has 4 heteroatoms. The number of imide groups is 1. The number of carbonyl (C=O) groups excluding carboxylic acids is 2. The zero-order chi connectivity index (χ0) is 10.8. The van der Waals surface area contributed by atoms with Crippen molar-refractivity contribution in [3.05, 3.63) is 12.2 Å². The molecule has 14 heavy (non-hydrogen) atoms. The molecule has 0 aliphatic carbocycles. The first kappa shape index (κ1) is 10.8. The van der Waals surface area contributed by atoms with Gasteiger partial charge in [0.25, 0.3) is 5.91 Å². The molecule has 0 spiro atoms. The number of rotatable bonds is 1. The molecule has 0 unspecified atom stereocenters.